The normalized spacial score (nSPS) is 10.2. The van der Waals surface area contributed by atoms with Crippen molar-refractivity contribution < 1.29 is 14.3 Å². The van der Waals surface area contributed by atoms with Crippen LogP contribution in [-0.4, -0.2) is 48.7 Å². The van der Waals surface area contributed by atoms with Gasteiger partial charge in [-0.3, -0.25) is 15.0 Å². The Hall–Kier alpha value is -4.20. The van der Waals surface area contributed by atoms with Crippen molar-refractivity contribution in [1.29, 1.82) is 5.41 Å². The molecule has 8 nitrogen and oxygen atoms in total. The number of hydrogen-bond donors (Lipinski definition) is 3. The molecule has 164 valence electrons. The van der Waals surface area contributed by atoms with Crippen molar-refractivity contribution in [3.63, 3.8) is 0 Å². The average molecular weight is 431 g/mol. The van der Waals surface area contributed by atoms with Crippen molar-refractivity contribution in [3.8, 4) is 5.75 Å². The van der Waals surface area contributed by atoms with Crippen LogP contribution in [0.5, 0.6) is 5.75 Å². The summed E-state index contributed by atoms with van der Waals surface area (Å²) in [5.41, 5.74) is 2.66. The predicted octanol–water partition coefficient (Wildman–Crippen LogP) is 3.79. The lowest BCUT2D eigenvalue weighted by Crippen LogP contribution is -2.22. The van der Waals surface area contributed by atoms with Gasteiger partial charge in [-0.15, -0.1) is 0 Å². The second-order valence-electron chi connectivity index (χ2n) is 7.36. The first-order chi connectivity index (χ1) is 15.3. The predicted molar refractivity (Wildman–Crippen MR) is 125 cm³/mol. The lowest BCUT2D eigenvalue weighted by Gasteiger charge is -2.15. The molecule has 1 aromatic heterocycles. The highest BCUT2D eigenvalue weighted by Crippen LogP contribution is 2.24. The molecule has 0 saturated heterocycles. The molecule has 2 amide bonds. The quantitative estimate of drug-likeness (QED) is 0.407. The molecule has 3 N–H and O–H groups in total. The van der Waals surface area contributed by atoms with Gasteiger partial charge >= 0.3 is 0 Å². The molecule has 0 fully saturated rings. The highest BCUT2D eigenvalue weighted by Gasteiger charge is 2.17. The number of aromatic nitrogens is 1. The van der Waals surface area contributed by atoms with Crippen molar-refractivity contribution in [2.45, 2.75) is 6.92 Å². The summed E-state index contributed by atoms with van der Waals surface area (Å²) in [5, 5.41) is 13.5. The van der Waals surface area contributed by atoms with Crippen molar-refractivity contribution in [2.24, 2.45) is 0 Å². The van der Waals surface area contributed by atoms with Crippen molar-refractivity contribution >= 4 is 29.2 Å². The molecule has 0 aliphatic heterocycles. The maximum Gasteiger partial charge on any atom is 0.259 e. The first-order valence-corrected chi connectivity index (χ1v) is 9.88. The topological polar surface area (TPSA) is 107 Å². The van der Waals surface area contributed by atoms with Crippen LogP contribution in [0.2, 0.25) is 0 Å². The van der Waals surface area contributed by atoms with Crippen LogP contribution in [0, 0.1) is 12.3 Å². The largest absolute Gasteiger partial charge is 0.497 e. The molecule has 2 aromatic carbocycles. The lowest BCUT2D eigenvalue weighted by molar-refractivity contribution is 0.102. The molecular formula is C24H25N5O3. The van der Waals surface area contributed by atoms with Crippen molar-refractivity contribution in [1.82, 2.24) is 9.88 Å². The van der Waals surface area contributed by atoms with Gasteiger partial charge in [-0.1, -0.05) is 18.2 Å². The minimum absolute atomic E-state index is 0.242. The van der Waals surface area contributed by atoms with Gasteiger partial charge in [-0.25, -0.2) is 4.98 Å². The Morgan fingerprint density at radius 2 is 1.62 bits per heavy atom. The first kappa shape index (κ1) is 22.5. The number of carbonyl (C=O) groups is 2. The van der Waals surface area contributed by atoms with E-state index in [9.17, 15) is 9.59 Å². The number of anilines is 2. The molecule has 3 aromatic rings. The fourth-order valence-corrected chi connectivity index (χ4v) is 2.90. The summed E-state index contributed by atoms with van der Waals surface area (Å²) in [5.74, 6) is 0.429. The highest BCUT2D eigenvalue weighted by molar-refractivity contribution is 6.12. The van der Waals surface area contributed by atoms with E-state index in [-0.39, 0.29) is 11.5 Å². The van der Waals surface area contributed by atoms with Gasteiger partial charge in [0.05, 0.1) is 18.4 Å². The highest BCUT2D eigenvalue weighted by atomic mass is 16.5. The van der Waals surface area contributed by atoms with E-state index in [0.717, 1.165) is 5.56 Å². The summed E-state index contributed by atoms with van der Waals surface area (Å²) in [6.07, 6.45) is 1.66. The number of pyridine rings is 1. The van der Waals surface area contributed by atoms with Gasteiger partial charge in [-0.05, 0) is 48.9 Å². The fraction of sp³-hybridized carbons (Fsp3) is 0.167. The third-order valence-electron chi connectivity index (χ3n) is 4.74. The van der Waals surface area contributed by atoms with Crippen LogP contribution in [0.15, 0.2) is 60.8 Å². The zero-order chi connectivity index (χ0) is 23.3. The zero-order valence-electron chi connectivity index (χ0n) is 18.4. The molecule has 3 rings (SSSR count). The standard InChI is InChI=1S/C24H25N5O3/c1-15-5-12-21(26-14-15)28-24(31)19-13-18(32-4)10-11-20(19)27-23(30)17-8-6-16(7-9-17)22(25)29(2)3/h5-14,25H,1-4H3,(H,27,30)(H,26,28,31). The molecule has 8 heteroatoms. The Morgan fingerprint density at radius 1 is 0.938 bits per heavy atom. The fourth-order valence-electron chi connectivity index (χ4n) is 2.90. The van der Waals surface area contributed by atoms with E-state index in [1.165, 1.54) is 7.11 Å². The van der Waals surface area contributed by atoms with E-state index >= 15 is 0 Å². The minimum atomic E-state index is -0.426. The van der Waals surface area contributed by atoms with Crippen LogP contribution in [0.1, 0.15) is 31.8 Å². The summed E-state index contributed by atoms with van der Waals surface area (Å²) >= 11 is 0. The van der Waals surface area contributed by atoms with E-state index in [2.05, 4.69) is 15.6 Å². The number of aryl methyl sites for hydroxylation is 1. The summed E-state index contributed by atoms with van der Waals surface area (Å²) in [6.45, 7) is 1.91. The second kappa shape index (κ2) is 9.74. The van der Waals surface area contributed by atoms with Crippen LogP contribution in [0.4, 0.5) is 11.5 Å². The number of methoxy groups -OCH3 is 1. The summed E-state index contributed by atoms with van der Waals surface area (Å²) in [6, 6.07) is 15.1. The Labute approximate surface area is 186 Å². The van der Waals surface area contributed by atoms with Crippen molar-refractivity contribution in [2.75, 3.05) is 31.8 Å². The molecule has 0 aliphatic carbocycles. The van der Waals surface area contributed by atoms with Gasteiger partial charge < -0.3 is 20.3 Å². The number of carbonyl (C=O) groups excluding carboxylic acids is 2. The lowest BCUT2D eigenvalue weighted by atomic mass is 10.1. The smallest absolute Gasteiger partial charge is 0.259 e. The van der Waals surface area contributed by atoms with Crippen LogP contribution in [0.3, 0.4) is 0 Å². The first-order valence-electron chi connectivity index (χ1n) is 9.88. The molecule has 0 bridgehead atoms. The number of amidine groups is 1. The number of nitrogens with one attached hydrogen (secondary N) is 3. The molecule has 0 spiro atoms. The number of amides is 2. The van der Waals surface area contributed by atoms with Crippen LogP contribution >= 0.6 is 0 Å². The Bertz CT molecular complexity index is 1140. The Kier molecular flexibility index (Phi) is 6.84. The summed E-state index contributed by atoms with van der Waals surface area (Å²) in [7, 11) is 5.07. The Balaban J connectivity index is 1.82. The number of benzene rings is 2. The van der Waals surface area contributed by atoms with Gasteiger partial charge in [0.1, 0.15) is 17.4 Å². The maximum absolute atomic E-state index is 12.9. The molecule has 32 heavy (non-hydrogen) atoms. The molecular weight excluding hydrogens is 406 g/mol. The van der Waals surface area contributed by atoms with Gasteiger partial charge in [0.15, 0.2) is 0 Å². The van der Waals surface area contributed by atoms with Gasteiger partial charge in [0, 0.05) is 31.4 Å². The third-order valence-corrected chi connectivity index (χ3v) is 4.74. The van der Waals surface area contributed by atoms with Crippen LogP contribution < -0.4 is 15.4 Å². The monoisotopic (exact) mass is 431 g/mol. The van der Waals surface area contributed by atoms with E-state index in [4.69, 9.17) is 10.1 Å². The van der Waals surface area contributed by atoms with E-state index in [0.29, 0.717) is 34.2 Å². The van der Waals surface area contributed by atoms with E-state index < -0.39 is 5.91 Å². The van der Waals surface area contributed by atoms with E-state index in [1.807, 2.05) is 13.0 Å². The number of nitrogens with zero attached hydrogens (tertiary/aromatic N) is 2. The molecule has 0 unspecified atom stereocenters. The third kappa shape index (κ3) is 5.28. The summed E-state index contributed by atoms with van der Waals surface area (Å²) < 4.78 is 5.24. The van der Waals surface area contributed by atoms with Crippen LogP contribution in [-0.2, 0) is 0 Å². The number of rotatable bonds is 6. The second-order valence-corrected chi connectivity index (χ2v) is 7.36. The SMILES string of the molecule is COc1ccc(NC(=O)c2ccc(C(=N)N(C)C)cc2)c(C(=O)Nc2ccc(C)cn2)c1. The molecule has 0 saturated carbocycles. The van der Waals surface area contributed by atoms with Gasteiger partial charge in [0.2, 0.25) is 0 Å². The number of ether oxygens (including phenoxy) is 1. The molecule has 0 atom stereocenters. The van der Waals surface area contributed by atoms with Crippen LogP contribution in [0.25, 0.3) is 0 Å². The minimum Gasteiger partial charge on any atom is -0.497 e. The van der Waals surface area contributed by atoms with Gasteiger partial charge in [0.25, 0.3) is 11.8 Å². The zero-order valence-corrected chi connectivity index (χ0v) is 18.4. The van der Waals surface area contributed by atoms with Gasteiger partial charge in [-0.2, -0.15) is 0 Å². The van der Waals surface area contributed by atoms with Crippen molar-refractivity contribution in [3.05, 3.63) is 83.0 Å². The summed E-state index contributed by atoms with van der Waals surface area (Å²) in [4.78, 5) is 31.6. The molecule has 1 heterocycles. The number of hydrogen-bond acceptors (Lipinski definition) is 5. The average Bonchev–Trinajstić information content (AvgIpc) is 2.80. The Morgan fingerprint density at radius 3 is 2.22 bits per heavy atom. The molecule has 0 radical (unpaired) electrons. The molecule has 0 aliphatic rings. The van der Waals surface area contributed by atoms with E-state index in [1.54, 1.807) is 73.7 Å². The maximum atomic E-state index is 12.9.